The Bertz CT molecular complexity index is 377. The highest BCUT2D eigenvalue weighted by Gasteiger charge is 2.05. The third kappa shape index (κ3) is 0.973. The second kappa shape index (κ2) is 2.53. The largest absolute Gasteiger partial charge is 0.463 e. The van der Waals surface area contributed by atoms with E-state index in [9.17, 15) is 0 Å². The molecule has 0 saturated carbocycles. The molecule has 11 heavy (non-hydrogen) atoms. The van der Waals surface area contributed by atoms with Crippen LogP contribution in [0.1, 0.15) is 0 Å². The van der Waals surface area contributed by atoms with Gasteiger partial charge >= 0.3 is 0 Å². The number of fused-ring (bicyclic) bond motifs is 1. The highest BCUT2D eigenvalue weighted by molar-refractivity contribution is 8.68. The number of aryl methyl sites for hydroxylation is 1. The van der Waals surface area contributed by atoms with E-state index in [1.165, 1.54) is 10.8 Å². The predicted molar refractivity (Wildman–Crippen MR) is 50.0 cm³/mol. The van der Waals surface area contributed by atoms with Crippen molar-refractivity contribution in [1.82, 2.24) is 4.57 Å². The molecular weight excluding hydrogens is 178 g/mol. The molecular formula is C7H7NOS2. The van der Waals surface area contributed by atoms with Gasteiger partial charge in [0.1, 0.15) is 0 Å². The van der Waals surface area contributed by atoms with Crippen LogP contribution < -0.4 is 0 Å². The van der Waals surface area contributed by atoms with E-state index in [1.54, 1.807) is 6.26 Å². The van der Waals surface area contributed by atoms with Crippen molar-refractivity contribution in [2.24, 2.45) is 7.05 Å². The first-order chi connectivity index (χ1) is 5.33. The van der Waals surface area contributed by atoms with Gasteiger partial charge in [-0.25, -0.2) is 0 Å². The predicted octanol–water partition coefficient (Wildman–Crippen LogP) is 2.71. The van der Waals surface area contributed by atoms with Crippen molar-refractivity contribution in [3.63, 3.8) is 0 Å². The molecule has 0 bridgehead atoms. The molecule has 0 aliphatic heterocycles. The lowest BCUT2D eigenvalue weighted by molar-refractivity contribution is 0.616. The van der Waals surface area contributed by atoms with Gasteiger partial charge in [0.05, 0.1) is 16.8 Å². The smallest absolute Gasteiger partial charge is 0.152 e. The zero-order valence-corrected chi connectivity index (χ0v) is 7.65. The first-order valence-electron chi connectivity index (χ1n) is 3.17. The van der Waals surface area contributed by atoms with Crippen molar-refractivity contribution in [3.8, 4) is 0 Å². The molecule has 0 unspecified atom stereocenters. The fourth-order valence-electron chi connectivity index (χ4n) is 1.11. The third-order valence-electron chi connectivity index (χ3n) is 1.71. The maximum atomic E-state index is 5.21. The standard InChI is InChI=1S/C7H7NOS2/c1-8-5-2-3-9-6(5)4-7(8)11-10/h2-4,10H,1H3. The van der Waals surface area contributed by atoms with Crippen LogP contribution in [0.15, 0.2) is 27.8 Å². The van der Waals surface area contributed by atoms with Crippen LogP contribution in [-0.2, 0) is 7.05 Å². The fourth-order valence-corrected chi connectivity index (χ4v) is 2.02. The zero-order valence-electron chi connectivity index (χ0n) is 5.94. The highest BCUT2D eigenvalue weighted by Crippen LogP contribution is 2.28. The highest BCUT2D eigenvalue weighted by atomic mass is 33.1. The fraction of sp³-hybridized carbons (Fsp3) is 0.143. The second-order valence-corrected chi connectivity index (χ2v) is 3.45. The molecule has 0 aromatic carbocycles. The Labute approximate surface area is 73.4 Å². The molecule has 0 N–H and O–H groups in total. The summed E-state index contributed by atoms with van der Waals surface area (Å²) in [6, 6.07) is 3.93. The summed E-state index contributed by atoms with van der Waals surface area (Å²) in [4.78, 5) is 0. The number of nitrogens with zero attached hydrogens (tertiary/aromatic N) is 1. The Balaban J connectivity index is 2.76. The van der Waals surface area contributed by atoms with Gasteiger partial charge in [-0.1, -0.05) is 0 Å². The molecule has 4 heteroatoms. The molecule has 0 aliphatic rings. The Morgan fingerprint density at radius 3 is 3.09 bits per heavy atom. The van der Waals surface area contributed by atoms with E-state index in [4.69, 9.17) is 4.42 Å². The average Bonchev–Trinajstić information content (AvgIpc) is 2.53. The van der Waals surface area contributed by atoms with Crippen LogP contribution in [0.2, 0.25) is 0 Å². The zero-order chi connectivity index (χ0) is 7.84. The quantitative estimate of drug-likeness (QED) is 0.544. The van der Waals surface area contributed by atoms with Gasteiger partial charge in [0, 0.05) is 19.2 Å². The van der Waals surface area contributed by atoms with Crippen molar-refractivity contribution in [2.75, 3.05) is 0 Å². The topological polar surface area (TPSA) is 18.1 Å². The lowest BCUT2D eigenvalue weighted by Gasteiger charge is -1.95. The van der Waals surface area contributed by atoms with E-state index in [2.05, 4.69) is 16.2 Å². The number of hydrogen-bond acceptors (Lipinski definition) is 3. The average molecular weight is 185 g/mol. The van der Waals surface area contributed by atoms with E-state index >= 15 is 0 Å². The van der Waals surface area contributed by atoms with Gasteiger partial charge in [0.2, 0.25) is 0 Å². The molecule has 2 rings (SSSR count). The molecule has 0 atom stereocenters. The molecule has 0 amide bonds. The molecule has 0 spiro atoms. The minimum atomic E-state index is 0.920. The number of thiol groups is 1. The van der Waals surface area contributed by atoms with Gasteiger partial charge in [-0.3, -0.25) is 0 Å². The van der Waals surface area contributed by atoms with E-state index in [-0.39, 0.29) is 0 Å². The maximum absolute atomic E-state index is 5.21. The number of rotatable bonds is 1. The van der Waals surface area contributed by atoms with Gasteiger partial charge < -0.3 is 8.98 Å². The lowest BCUT2D eigenvalue weighted by Crippen LogP contribution is -1.85. The normalized spacial score (nSPS) is 11.1. The Morgan fingerprint density at radius 2 is 2.45 bits per heavy atom. The van der Waals surface area contributed by atoms with Gasteiger partial charge in [-0.15, -0.1) is 11.7 Å². The maximum Gasteiger partial charge on any atom is 0.152 e. The summed E-state index contributed by atoms with van der Waals surface area (Å²) < 4.78 is 7.27. The lowest BCUT2D eigenvalue weighted by atomic mass is 10.5. The summed E-state index contributed by atoms with van der Waals surface area (Å²) in [5, 5.41) is 1.10. The minimum Gasteiger partial charge on any atom is -0.463 e. The summed E-state index contributed by atoms with van der Waals surface area (Å²) in [5.74, 6) is 0. The molecule has 2 heterocycles. The minimum absolute atomic E-state index is 0.920. The molecule has 2 aromatic heterocycles. The first-order valence-corrected chi connectivity index (χ1v) is 5.04. The molecule has 2 aromatic rings. The van der Waals surface area contributed by atoms with Gasteiger partial charge in [0.25, 0.3) is 0 Å². The summed E-state index contributed by atoms with van der Waals surface area (Å²) in [6.07, 6.45) is 1.69. The van der Waals surface area contributed by atoms with Crippen molar-refractivity contribution in [1.29, 1.82) is 0 Å². The molecule has 0 saturated heterocycles. The van der Waals surface area contributed by atoms with Crippen LogP contribution in [0.4, 0.5) is 0 Å². The van der Waals surface area contributed by atoms with E-state index in [0.717, 1.165) is 16.1 Å². The van der Waals surface area contributed by atoms with Crippen LogP contribution in [-0.4, -0.2) is 4.57 Å². The first kappa shape index (κ1) is 7.18. The van der Waals surface area contributed by atoms with E-state index in [1.807, 2.05) is 19.2 Å². The van der Waals surface area contributed by atoms with Gasteiger partial charge in [-0.2, -0.15) is 0 Å². The van der Waals surface area contributed by atoms with Crippen molar-refractivity contribution in [2.45, 2.75) is 5.03 Å². The van der Waals surface area contributed by atoms with Crippen molar-refractivity contribution < 1.29 is 4.42 Å². The van der Waals surface area contributed by atoms with Crippen LogP contribution in [0.5, 0.6) is 0 Å². The van der Waals surface area contributed by atoms with E-state index in [0.29, 0.717) is 0 Å². The summed E-state index contributed by atoms with van der Waals surface area (Å²) >= 11 is 4.12. The van der Waals surface area contributed by atoms with Crippen LogP contribution in [0.3, 0.4) is 0 Å². The summed E-state index contributed by atoms with van der Waals surface area (Å²) in [7, 11) is 3.42. The van der Waals surface area contributed by atoms with Crippen LogP contribution in [0, 0.1) is 0 Å². The number of hydrogen-bond donors (Lipinski definition) is 1. The van der Waals surface area contributed by atoms with Crippen LogP contribution >= 0.6 is 22.5 Å². The van der Waals surface area contributed by atoms with Gasteiger partial charge in [-0.05, 0) is 10.8 Å². The summed E-state index contributed by atoms with van der Waals surface area (Å²) in [6.45, 7) is 0. The van der Waals surface area contributed by atoms with Crippen LogP contribution in [0.25, 0.3) is 11.1 Å². The Morgan fingerprint density at radius 1 is 1.64 bits per heavy atom. The van der Waals surface area contributed by atoms with E-state index < -0.39 is 0 Å². The molecule has 58 valence electrons. The monoisotopic (exact) mass is 185 g/mol. The molecule has 0 fully saturated rings. The van der Waals surface area contributed by atoms with Crippen molar-refractivity contribution >= 4 is 33.6 Å². The number of aromatic nitrogens is 1. The molecule has 0 radical (unpaired) electrons. The third-order valence-corrected chi connectivity index (χ3v) is 2.85. The second-order valence-electron chi connectivity index (χ2n) is 2.30. The van der Waals surface area contributed by atoms with Gasteiger partial charge in [0.15, 0.2) is 5.58 Å². The Kier molecular flexibility index (Phi) is 1.65. The number of furan rings is 1. The molecule has 0 aliphatic carbocycles. The Hall–Kier alpha value is -0.480. The molecule has 2 nitrogen and oxygen atoms in total. The van der Waals surface area contributed by atoms with Crippen molar-refractivity contribution in [3.05, 3.63) is 18.4 Å². The summed E-state index contributed by atoms with van der Waals surface area (Å²) in [5.41, 5.74) is 2.03. The SMILES string of the molecule is Cn1c(SS)cc2occc21.